The summed E-state index contributed by atoms with van der Waals surface area (Å²) in [4.78, 5) is 23.5. The molecule has 2 heterocycles. The predicted molar refractivity (Wildman–Crippen MR) is 126 cm³/mol. The topological polar surface area (TPSA) is 93.6 Å². The van der Waals surface area contributed by atoms with Crippen molar-refractivity contribution in [2.45, 2.75) is 78.0 Å². The molecule has 1 aromatic heterocycles. The number of rotatable bonds is 5. The van der Waals surface area contributed by atoms with Crippen LogP contribution in [0.3, 0.4) is 0 Å². The minimum atomic E-state index is -0.468. The maximum absolute atomic E-state index is 13.3. The van der Waals surface area contributed by atoms with E-state index in [-0.39, 0.29) is 22.6 Å². The van der Waals surface area contributed by atoms with Gasteiger partial charge in [-0.2, -0.15) is 15.7 Å². The highest BCUT2D eigenvalue weighted by atomic mass is 16.6. The van der Waals surface area contributed by atoms with E-state index >= 15 is 0 Å². The Kier molecular flexibility index (Phi) is 7.15. The molecule has 8 heteroatoms. The second-order valence-corrected chi connectivity index (χ2v) is 10.6. The van der Waals surface area contributed by atoms with E-state index < -0.39 is 5.91 Å². The van der Waals surface area contributed by atoms with Crippen LogP contribution in [0.4, 0.5) is 0 Å². The van der Waals surface area contributed by atoms with Gasteiger partial charge in [0.2, 0.25) is 0 Å². The Morgan fingerprint density at radius 1 is 1.27 bits per heavy atom. The lowest BCUT2D eigenvalue weighted by molar-refractivity contribution is 0.0883. The number of hydroxylamine groups is 1. The fraction of sp³-hybridized carbons (Fsp3) is 0.560. The van der Waals surface area contributed by atoms with Crippen molar-refractivity contribution in [3.05, 3.63) is 46.6 Å². The molecule has 1 aromatic carbocycles. The summed E-state index contributed by atoms with van der Waals surface area (Å²) in [6.07, 6.45) is 2.12. The number of nitrogens with one attached hydrogen (secondary N) is 1. The number of hydrogen-bond donors (Lipinski definition) is 1. The van der Waals surface area contributed by atoms with Gasteiger partial charge in [0.05, 0.1) is 29.8 Å². The quantitative estimate of drug-likeness (QED) is 0.698. The van der Waals surface area contributed by atoms with Crippen LogP contribution in [-0.4, -0.2) is 33.5 Å². The highest BCUT2D eigenvalue weighted by molar-refractivity contribution is 5.98. The maximum atomic E-state index is 13.3. The zero-order valence-electron chi connectivity index (χ0n) is 20.7. The van der Waals surface area contributed by atoms with Crippen LogP contribution in [-0.2, 0) is 23.7 Å². The smallest absolute Gasteiger partial charge is 0.282 e. The molecule has 0 unspecified atom stereocenters. The lowest BCUT2D eigenvalue weighted by Crippen LogP contribution is -2.38. The largest absolute Gasteiger partial charge is 0.407 e. The van der Waals surface area contributed by atoms with Gasteiger partial charge >= 0.3 is 0 Å². The number of hydrogen-bond acceptors (Lipinski definition) is 5. The summed E-state index contributed by atoms with van der Waals surface area (Å²) in [6, 6.07) is 8.79. The molecule has 1 atom stereocenters. The van der Waals surface area contributed by atoms with Crippen LogP contribution in [0.2, 0.25) is 0 Å². The maximum Gasteiger partial charge on any atom is 0.282 e. The SMILES string of the molecule is Cn1c(C(C)(C)C)c/c(=N\C(=O)c2cc(C#N)ccc2ONC(C)(C)C)n1C[C@H]1CCCO1. The number of aromatic nitrogens is 2. The van der Waals surface area contributed by atoms with Gasteiger partial charge in [0.1, 0.15) is 0 Å². The summed E-state index contributed by atoms with van der Waals surface area (Å²) in [6.45, 7) is 13.6. The predicted octanol–water partition coefficient (Wildman–Crippen LogP) is 3.60. The normalized spacial score (nSPS) is 17.3. The van der Waals surface area contributed by atoms with Crippen molar-refractivity contribution in [1.82, 2.24) is 14.8 Å². The molecule has 1 aliphatic heterocycles. The summed E-state index contributed by atoms with van der Waals surface area (Å²) in [5.74, 6) is -0.139. The molecule has 2 aromatic rings. The molecule has 8 nitrogen and oxygen atoms in total. The van der Waals surface area contributed by atoms with Crippen molar-refractivity contribution in [1.29, 1.82) is 5.26 Å². The van der Waals surface area contributed by atoms with Crippen LogP contribution in [0.1, 0.15) is 76.0 Å². The Hall–Kier alpha value is -2.89. The molecule has 178 valence electrons. The van der Waals surface area contributed by atoms with E-state index in [0.29, 0.717) is 23.3 Å². The van der Waals surface area contributed by atoms with E-state index in [1.54, 1.807) is 12.1 Å². The van der Waals surface area contributed by atoms with Crippen LogP contribution in [0.25, 0.3) is 0 Å². The van der Waals surface area contributed by atoms with Crippen molar-refractivity contribution in [3.63, 3.8) is 0 Å². The molecule has 0 bridgehead atoms. The summed E-state index contributed by atoms with van der Waals surface area (Å²) in [7, 11) is 1.98. The highest BCUT2D eigenvalue weighted by Gasteiger charge is 2.24. The van der Waals surface area contributed by atoms with Crippen molar-refractivity contribution in [2.24, 2.45) is 12.0 Å². The number of ether oxygens (including phenoxy) is 1. The van der Waals surface area contributed by atoms with Crippen LogP contribution >= 0.6 is 0 Å². The molecule has 0 aliphatic carbocycles. The third-order valence-electron chi connectivity index (χ3n) is 5.43. The summed E-state index contributed by atoms with van der Waals surface area (Å²) >= 11 is 0. The van der Waals surface area contributed by atoms with E-state index in [4.69, 9.17) is 9.57 Å². The summed E-state index contributed by atoms with van der Waals surface area (Å²) in [5.41, 5.74) is 4.69. The first-order chi connectivity index (χ1) is 15.4. The van der Waals surface area contributed by atoms with Gasteiger partial charge in [0.15, 0.2) is 11.2 Å². The molecule has 0 spiro atoms. The first-order valence-corrected chi connectivity index (χ1v) is 11.4. The lowest BCUT2D eigenvalue weighted by Gasteiger charge is -2.21. The highest BCUT2D eigenvalue weighted by Crippen LogP contribution is 2.23. The molecular formula is C25H35N5O3. The third-order valence-corrected chi connectivity index (χ3v) is 5.43. The van der Waals surface area contributed by atoms with E-state index in [0.717, 1.165) is 25.1 Å². The third kappa shape index (κ3) is 6.12. The van der Waals surface area contributed by atoms with Crippen LogP contribution in [0.5, 0.6) is 5.75 Å². The van der Waals surface area contributed by atoms with E-state index in [9.17, 15) is 10.1 Å². The first kappa shape index (κ1) is 24.7. The monoisotopic (exact) mass is 453 g/mol. The molecular weight excluding hydrogens is 418 g/mol. The number of amides is 1. The molecule has 1 amide bonds. The van der Waals surface area contributed by atoms with Gasteiger partial charge in [-0.15, -0.1) is 0 Å². The standard InChI is InChI=1S/C25H35N5O3/c1-24(2,3)21-14-22(30(29(21)7)16-18-9-8-12-32-18)27-23(31)19-13-17(15-26)10-11-20(19)33-28-25(4,5)6/h10-11,13-14,18,28H,8-9,12,16H2,1-7H3/b27-22+/t18-/m1/s1. The molecule has 1 N–H and O–H groups in total. The lowest BCUT2D eigenvalue weighted by atomic mass is 9.92. The molecule has 1 saturated heterocycles. The van der Waals surface area contributed by atoms with E-state index in [1.165, 1.54) is 6.07 Å². The fourth-order valence-electron chi connectivity index (χ4n) is 3.79. The van der Waals surface area contributed by atoms with Crippen molar-refractivity contribution in [3.8, 4) is 11.8 Å². The average molecular weight is 454 g/mol. The Balaban J connectivity index is 2.07. The molecule has 0 saturated carbocycles. The van der Waals surface area contributed by atoms with Crippen molar-refractivity contribution < 1.29 is 14.4 Å². The van der Waals surface area contributed by atoms with Gasteiger partial charge in [-0.3, -0.25) is 14.2 Å². The number of nitrogens with zero attached hydrogens (tertiary/aromatic N) is 4. The molecule has 0 radical (unpaired) electrons. The molecule has 3 rings (SSSR count). The Morgan fingerprint density at radius 2 is 2.00 bits per heavy atom. The Morgan fingerprint density at radius 3 is 2.58 bits per heavy atom. The van der Waals surface area contributed by atoms with Crippen molar-refractivity contribution in [2.75, 3.05) is 6.61 Å². The number of carbonyl (C=O) groups excluding carboxylic acids is 1. The van der Waals surface area contributed by atoms with Gasteiger partial charge in [-0.05, 0) is 51.8 Å². The number of nitriles is 1. The Bertz CT molecular complexity index is 1120. The molecule has 33 heavy (non-hydrogen) atoms. The molecule has 1 aliphatic rings. The summed E-state index contributed by atoms with van der Waals surface area (Å²) < 4.78 is 9.89. The van der Waals surface area contributed by atoms with Crippen LogP contribution < -0.4 is 15.8 Å². The summed E-state index contributed by atoms with van der Waals surface area (Å²) in [5, 5.41) is 9.35. The van der Waals surface area contributed by atoms with Gasteiger partial charge < -0.3 is 9.57 Å². The zero-order chi connectivity index (χ0) is 24.4. The number of carbonyl (C=O) groups is 1. The van der Waals surface area contributed by atoms with Crippen LogP contribution in [0.15, 0.2) is 29.3 Å². The van der Waals surface area contributed by atoms with Crippen molar-refractivity contribution >= 4 is 5.91 Å². The first-order valence-electron chi connectivity index (χ1n) is 11.4. The van der Waals surface area contributed by atoms with E-state index in [2.05, 4.69) is 42.0 Å². The second kappa shape index (κ2) is 9.54. The number of benzene rings is 1. The van der Waals surface area contributed by atoms with Gasteiger partial charge in [0.25, 0.3) is 5.91 Å². The molecule has 1 fully saturated rings. The van der Waals surface area contributed by atoms with Gasteiger partial charge in [-0.25, -0.2) is 0 Å². The fourth-order valence-corrected chi connectivity index (χ4v) is 3.79. The average Bonchev–Trinajstić information content (AvgIpc) is 3.35. The van der Waals surface area contributed by atoms with Gasteiger partial charge in [0, 0.05) is 36.4 Å². The van der Waals surface area contributed by atoms with E-state index in [1.807, 2.05) is 38.6 Å². The minimum Gasteiger partial charge on any atom is -0.407 e. The second-order valence-electron chi connectivity index (χ2n) is 10.6. The minimum absolute atomic E-state index is 0.0947. The van der Waals surface area contributed by atoms with Crippen LogP contribution in [0, 0.1) is 11.3 Å². The Labute approximate surface area is 195 Å². The zero-order valence-corrected chi connectivity index (χ0v) is 20.7. The van der Waals surface area contributed by atoms with Gasteiger partial charge in [-0.1, -0.05) is 20.8 Å².